The minimum absolute atomic E-state index is 0.0379. The van der Waals surface area contributed by atoms with Crippen molar-refractivity contribution in [1.82, 2.24) is 15.2 Å². The molecule has 1 atom stereocenters. The fourth-order valence-electron chi connectivity index (χ4n) is 2.02. The average molecular weight is 247 g/mol. The largest absolute Gasteiger partial charge is 0.345 e. The maximum atomic E-state index is 12.1. The monoisotopic (exact) mass is 247 g/mol. The van der Waals surface area contributed by atoms with Gasteiger partial charge in [0.15, 0.2) is 0 Å². The summed E-state index contributed by atoms with van der Waals surface area (Å²) in [5.74, 6) is -0.106. The molecule has 18 heavy (non-hydrogen) atoms. The zero-order valence-corrected chi connectivity index (χ0v) is 10.6. The van der Waals surface area contributed by atoms with Crippen LogP contribution in [0.2, 0.25) is 0 Å². The highest BCUT2D eigenvalue weighted by molar-refractivity contribution is 5.89. The second-order valence-electron chi connectivity index (χ2n) is 4.60. The van der Waals surface area contributed by atoms with E-state index in [1.807, 2.05) is 13.0 Å². The molecule has 1 unspecified atom stereocenters. The van der Waals surface area contributed by atoms with Crippen molar-refractivity contribution in [3.8, 4) is 0 Å². The van der Waals surface area contributed by atoms with E-state index in [4.69, 9.17) is 0 Å². The van der Waals surface area contributed by atoms with Gasteiger partial charge >= 0.3 is 0 Å². The van der Waals surface area contributed by atoms with Crippen LogP contribution in [-0.4, -0.2) is 34.3 Å². The van der Waals surface area contributed by atoms with E-state index in [1.165, 1.54) is 0 Å². The number of carbonyl (C=O) groups is 2. The van der Waals surface area contributed by atoms with Crippen LogP contribution in [0.3, 0.4) is 0 Å². The topological polar surface area (TPSA) is 62.3 Å². The van der Waals surface area contributed by atoms with E-state index >= 15 is 0 Å². The number of aromatic nitrogens is 1. The molecule has 2 rings (SSSR count). The number of amides is 2. The maximum absolute atomic E-state index is 12.1. The third-order valence-corrected chi connectivity index (χ3v) is 3.18. The summed E-state index contributed by atoms with van der Waals surface area (Å²) in [4.78, 5) is 29.3. The molecule has 5 nitrogen and oxygen atoms in total. The standard InChI is InChI=1S/C13H17N3O2/c1-9-3-5-14-7-11(9)8-16-6-4-12(17)15-10(2)13(16)18/h3,5,7,10H,4,6,8H2,1-2H3,(H,15,17). The van der Waals surface area contributed by atoms with Crippen LogP contribution in [0.25, 0.3) is 0 Å². The molecule has 0 bridgehead atoms. The molecule has 0 spiro atoms. The van der Waals surface area contributed by atoms with Crippen LogP contribution in [0.4, 0.5) is 0 Å². The second kappa shape index (κ2) is 5.16. The Kier molecular flexibility index (Phi) is 3.60. The Bertz CT molecular complexity index is 473. The number of hydrogen-bond acceptors (Lipinski definition) is 3. The zero-order chi connectivity index (χ0) is 13.1. The zero-order valence-electron chi connectivity index (χ0n) is 10.6. The first-order valence-corrected chi connectivity index (χ1v) is 6.05. The summed E-state index contributed by atoms with van der Waals surface area (Å²) in [6.07, 6.45) is 3.86. The van der Waals surface area contributed by atoms with Crippen molar-refractivity contribution in [2.24, 2.45) is 0 Å². The molecule has 1 N–H and O–H groups in total. The summed E-state index contributed by atoms with van der Waals surface area (Å²) >= 11 is 0. The molecule has 1 aliphatic heterocycles. The third-order valence-electron chi connectivity index (χ3n) is 3.18. The third kappa shape index (κ3) is 2.67. The number of pyridine rings is 1. The van der Waals surface area contributed by atoms with E-state index in [1.54, 1.807) is 24.2 Å². The van der Waals surface area contributed by atoms with E-state index < -0.39 is 6.04 Å². The fourth-order valence-corrected chi connectivity index (χ4v) is 2.02. The first-order chi connectivity index (χ1) is 8.58. The van der Waals surface area contributed by atoms with Gasteiger partial charge in [0.05, 0.1) is 0 Å². The Labute approximate surface area is 106 Å². The van der Waals surface area contributed by atoms with Crippen LogP contribution in [0.15, 0.2) is 18.5 Å². The molecule has 1 aromatic heterocycles. The van der Waals surface area contributed by atoms with Crippen LogP contribution in [0.1, 0.15) is 24.5 Å². The lowest BCUT2D eigenvalue weighted by Gasteiger charge is -2.22. The molecule has 0 aromatic carbocycles. The predicted octanol–water partition coefficient (Wildman–Crippen LogP) is 0.627. The Morgan fingerprint density at radius 2 is 2.28 bits per heavy atom. The lowest BCUT2D eigenvalue weighted by Crippen LogP contribution is -2.42. The first-order valence-electron chi connectivity index (χ1n) is 6.05. The van der Waals surface area contributed by atoms with Gasteiger partial charge in [0.2, 0.25) is 11.8 Å². The summed E-state index contributed by atoms with van der Waals surface area (Å²) in [6.45, 7) is 4.68. The van der Waals surface area contributed by atoms with E-state index in [2.05, 4.69) is 10.3 Å². The van der Waals surface area contributed by atoms with Gasteiger partial charge < -0.3 is 10.2 Å². The molecular formula is C13H17N3O2. The van der Waals surface area contributed by atoms with Crippen molar-refractivity contribution in [1.29, 1.82) is 0 Å². The SMILES string of the molecule is Cc1ccncc1CN1CCC(=O)NC(C)C1=O. The maximum Gasteiger partial charge on any atom is 0.245 e. The highest BCUT2D eigenvalue weighted by Crippen LogP contribution is 2.12. The van der Waals surface area contributed by atoms with Gasteiger partial charge in [-0.2, -0.15) is 0 Å². The molecule has 1 aromatic rings. The fraction of sp³-hybridized carbons (Fsp3) is 0.462. The lowest BCUT2D eigenvalue weighted by molar-refractivity contribution is -0.133. The summed E-state index contributed by atoms with van der Waals surface area (Å²) in [6, 6.07) is 1.47. The number of nitrogens with one attached hydrogen (secondary N) is 1. The molecule has 0 aliphatic carbocycles. The normalized spacial score (nSPS) is 20.6. The summed E-state index contributed by atoms with van der Waals surface area (Å²) in [5.41, 5.74) is 2.13. The second-order valence-corrected chi connectivity index (χ2v) is 4.60. The Balaban J connectivity index is 2.15. The van der Waals surface area contributed by atoms with Crippen LogP contribution >= 0.6 is 0 Å². The van der Waals surface area contributed by atoms with E-state index in [0.717, 1.165) is 11.1 Å². The van der Waals surface area contributed by atoms with Crippen molar-refractivity contribution in [3.05, 3.63) is 29.6 Å². The van der Waals surface area contributed by atoms with Gasteiger partial charge in [-0.05, 0) is 31.0 Å². The van der Waals surface area contributed by atoms with Gasteiger partial charge in [0.25, 0.3) is 0 Å². The van der Waals surface area contributed by atoms with Crippen molar-refractivity contribution >= 4 is 11.8 Å². The van der Waals surface area contributed by atoms with Crippen molar-refractivity contribution in [3.63, 3.8) is 0 Å². The molecule has 0 saturated carbocycles. The number of hydrogen-bond donors (Lipinski definition) is 1. The summed E-state index contributed by atoms with van der Waals surface area (Å²) < 4.78 is 0. The first kappa shape index (κ1) is 12.5. The summed E-state index contributed by atoms with van der Waals surface area (Å²) in [5, 5.41) is 2.68. The van der Waals surface area contributed by atoms with Gasteiger partial charge in [-0.15, -0.1) is 0 Å². The molecule has 1 fully saturated rings. The van der Waals surface area contributed by atoms with Crippen molar-refractivity contribution in [2.75, 3.05) is 6.54 Å². The van der Waals surface area contributed by atoms with Crippen LogP contribution in [0, 0.1) is 6.92 Å². The molecule has 96 valence electrons. The highest BCUT2D eigenvalue weighted by Gasteiger charge is 2.26. The van der Waals surface area contributed by atoms with Crippen LogP contribution in [0.5, 0.6) is 0 Å². The average Bonchev–Trinajstić information content (AvgIpc) is 2.45. The van der Waals surface area contributed by atoms with Gasteiger partial charge in [-0.1, -0.05) is 0 Å². The summed E-state index contributed by atoms with van der Waals surface area (Å²) in [7, 11) is 0. The number of rotatable bonds is 2. The number of aryl methyl sites for hydroxylation is 1. The van der Waals surface area contributed by atoms with Crippen molar-refractivity contribution in [2.45, 2.75) is 32.9 Å². The van der Waals surface area contributed by atoms with Gasteiger partial charge in [-0.3, -0.25) is 14.6 Å². The minimum atomic E-state index is -0.447. The van der Waals surface area contributed by atoms with Gasteiger partial charge in [-0.25, -0.2) is 0 Å². The number of carbonyl (C=O) groups excluding carboxylic acids is 2. The van der Waals surface area contributed by atoms with E-state index in [9.17, 15) is 9.59 Å². The molecule has 2 amide bonds. The van der Waals surface area contributed by atoms with Gasteiger partial charge in [0, 0.05) is 31.9 Å². The molecule has 1 aliphatic rings. The van der Waals surface area contributed by atoms with E-state index in [-0.39, 0.29) is 11.8 Å². The smallest absolute Gasteiger partial charge is 0.245 e. The Morgan fingerprint density at radius 1 is 1.50 bits per heavy atom. The van der Waals surface area contributed by atoms with Gasteiger partial charge in [0.1, 0.15) is 6.04 Å². The Morgan fingerprint density at radius 3 is 3.00 bits per heavy atom. The highest BCUT2D eigenvalue weighted by atomic mass is 16.2. The minimum Gasteiger partial charge on any atom is -0.345 e. The molecule has 1 saturated heterocycles. The van der Waals surface area contributed by atoms with Crippen molar-refractivity contribution < 1.29 is 9.59 Å². The van der Waals surface area contributed by atoms with Crippen LogP contribution < -0.4 is 5.32 Å². The van der Waals surface area contributed by atoms with Crippen LogP contribution in [-0.2, 0) is 16.1 Å². The molecular weight excluding hydrogens is 230 g/mol. The number of nitrogens with zero attached hydrogens (tertiary/aromatic N) is 2. The van der Waals surface area contributed by atoms with E-state index in [0.29, 0.717) is 19.5 Å². The predicted molar refractivity (Wildman–Crippen MR) is 66.6 cm³/mol. The quantitative estimate of drug-likeness (QED) is 0.833. The molecule has 2 heterocycles. The molecule has 5 heteroatoms. The Hall–Kier alpha value is -1.91. The molecule has 0 radical (unpaired) electrons. The lowest BCUT2D eigenvalue weighted by atomic mass is 10.1.